The maximum absolute atomic E-state index is 10.0. The highest BCUT2D eigenvalue weighted by Crippen LogP contribution is 1.70. The number of carbonyl (C=O) groups is 2. The van der Waals surface area contributed by atoms with Crippen LogP contribution >= 0.6 is 0 Å². The lowest BCUT2D eigenvalue weighted by Gasteiger charge is -1.90. The topological polar surface area (TPSA) is 60.2 Å². The van der Waals surface area contributed by atoms with Crippen LogP contribution in [-0.4, -0.2) is 18.1 Å². The third kappa shape index (κ3) is 2.05. The first-order valence-electron chi connectivity index (χ1n) is 1.90. The van der Waals surface area contributed by atoms with E-state index < -0.39 is 6.04 Å². The van der Waals surface area contributed by atoms with Gasteiger partial charge in [0.1, 0.15) is 12.3 Å². The van der Waals surface area contributed by atoms with Gasteiger partial charge in [-0.2, -0.15) is 0 Å². The van der Waals surface area contributed by atoms with E-state index in [9.17, 15) is 9.59 Å². The second-order valence-electron chi connectivity index (χ2n) is 1.27. The molecular weight excluding hydrogens is 94.0 g/mol. The van der Waals surface area contributed by atoms with Crippen molar-refractivity contribution in [3.8, 4) is 0 Å². The van der Waals surface area contributed by atoms with Crippen LogP contribution in [-0.2, 0) is 9.59 Å². The molecule has 0 fully saturated rings. The van der Waals surface area contributed by atoms with Gasteiger partial charge in [-0.3, -0.25) is 4.79 Å². The van der Waals surface area contributed by atoms with Gasteiger partial charge < -0.3 is 10.5 Å². The molecule has 2 N–H and O–H groups in total. The number of rotatable bonds is 2. The summed E-state index contributed by atoms with van der Waals surface area (Å²) in [4.78, 5) is 19.6. The van der Waals surface area contributed by atoms with Gasteiger partial charge in [-0.1, -0.05) is 0 Å². The smallest absolute Gasteiger partial charge is 0.153 e. The van der Waals surface area contributed by atoms with Crippen molar-refractivity contribution < 1.29 is 9.59 Å². The first-order valence-corrected chi connectivity index (χ1v) is 1.90. The standard InChI is InChI=1S/C4H7NO2/c1-3(7)4(5)2-6/h2,4H,5H2,1H3. The van der Waals surface area contributed by atoms with Crippen molar-refractivity contribution in [1.29, 1.82) is 0 Å². The Morgan fingerprint density at radius 3 is 2.29 bits per heavy atom. The predicted molar refractivity (Wildman–Crippen MR) is 24.7 cm³/mol. The minimum Gasteiger partial charge on any atom is -0.316 e. The van der Waals surface area contributed by atoms with Gasteiger partial charge >= 0.3 is 0 Å². The molecule has 1 atom stereocenters. The van der Waals surface area contributed by atoms with Gasteiger partial charge in [-0.15, -0.1) is 0 Å². The van der Waals surface area contributed by atoms with Crippen molar-refractivity contribution in [1.82, 2.24) is 0 Å². The molecule has 0 aromatic heterocycles. The summed E-state index contributed by atoms with van der Waals surface area (Å²) >= 11 is 0. The van der Waals surface area contributed by atoms with Gasteiger partial charge in [-0.25, -0.2) is 0 Å². The van der Waals surface area contributed by atoms with Crippen LogP contribution in [0.4, 0.5) is 0 Å². The summed E-state index contributed by atoms with van der Waals surface area (Å²) in [5.74, 6) is -0.296. The van der Waals surface area contributed by atoms with Crippen LogP contribution in [0.25, 0.3) is 0 Å². The van der Waals surface area contributed by atoms with Crippen molar-refractivity contribution in [2.45, 2.75) is 13.0 Å². The first-order chi connectivity index (χ1) is 3.18. The molecule has 0 saturated heterocycles. The summed E-state index contributed by atoms with van der Waals surface area (Å²) in [5, 5.41) is 0. The third-order valence-corrected chi connectivity index (χ3v) is 0.616. The molecule has 0 spiro atoms. The summed E-state index contributed by atoms with van der Waals surface area (Å²) in [6, 6.07) is -0.917. The summed E-state index contributed by atoms with van der Waals surface area (Å²) in [6.45, 7) is 1.28. The number of hydrogen-bond donors (Lipinski definition) is 1. The lowest BCUT2D eigenvalue weighted by molar-refractivity contribution is -0.122. The lowest BCUT2D eigenvalue weighted by atomic mass is 10.2. The van der Waals surface area contributed by atoms with Gasteiger partial charge in [0.05, 0.1) is 0 Å². The fourth-order valence-corrected chi connectivity index (χ4v) is 0.0958. The molecular formula is C4H7NO2. The number of ketones is 1. The van der Waals surface area contributed by atoms with Crippen LogP contribution in [0.5, 0.6) is 0 Å². The molecule has 0 radical (unpaired) electrons. The van der Waals surface area contributed by atoms with Crippen molar-refractivity contribution in [2.24, 2.45) is 5.73 Å². The summed E-state index contributed by atoms with van der Waals surface area (Å²) < 4.78 is 0. The second kappa shape index (κ2) is 2.47. The van der Waals surface area contributed by atoms with E-state index in [-0.39, 0.29) is 5.78 Å². The van der Waals surface area contributed by atoms with Gasteiger partial charge in [0, 0.05) is 0 Å². The molecule has 0 bridgehead atoms. The summed E-state index contributed by atoms with van der Waals surface area (Å²) in [6.07, 6.45) is 0.419. The third-order valence-electron chi connectivity index (χ3n) is 0.616. The zero-order valence-electron chi connectivity index (χ0n) is 4.05. The molecule has 0 aromatic carbocycles. The largest absolute Gasteiger partial charge is 0.316 e. The number of nitrogens with two attached hydrogens (primary N) is 1. The number of aldehydes is 1. The Bertz CT molecular complexity index is 89.7. The molecule has 0 rings (SSSR count). The Hall–Kier alpha value is -0.700. The minimum absolute atomic E-state index is 0.296. The van der Waals surface area contributed by atoms with E-state index in [1.165, 1.54) is 6.92 Å². The highest BCUT2D eigenvalue weighted by Gasteiger charge is 2.02. The van der Waals surface area contributed by atoms with Crippen molar-refractivity contribution in [2.75, 3.05) is 0 Å². The molecule has 3 heteroatoms. The molecule has 0 amide bonds. The second-order valence-corrected chi connectivity index (χ2v) is 1.27. The van der Waals surface area contributed by atoms with Crippen LogP contribution in [0, 0.1) is 0 Å². The Morgan fingerprint density at radius 1 is 1.86 bits per heavy atom. The van der Waals surface area contributed by atoms with Crippen molar-refractivity contribution in [3.63, 3.8) is 0 Å². The van der Waals surface area contributed by atoms with Crippen LogP contribution in [0.1, 0.15) is 6.92 Å². The summed E-state index contributed by atoms with van der Waals surface area (Å²) in [7, 11) is 0. The van der Waals surface area contributed by atoms with Gasteiger partial charge in [0.2, 0.25) is 0 Å². The van der Waals surface area contributed by atoms with E-state index in [0.717, 1.165) is 0 Å². The maximum Gasteiger partial charge on any atom is 0.153 e. The highest BCUT2D eigenvalue weighted by molar-refractivity contribution is 5.95. The molecule has 0 heterocycles. The van der Waals surface area contributed by atoms with E-state index in [1.807, 2.05) is 0 Å². The fourth-order valence-electron chi connectivity index (χ4n) is 0.0958. The molecule has 3 nitrogen and oxygen atoms in total. The van der Waals surface area contributed by atoms with E-state index in [2.05, 4.69) is 0 Å². The molecule has 0 aliphatic rings. The molecule has 40 valence electrons. The zero-order chi connectivity index (χ0) is 5.86. The van der Waals surface area contributed by atoms with Gasteiger partial charge in [-0.05, 0) is 6.92 Å². The van der Waals surface area contributed by atoms with Crippen LogP contribution in [0.3, 0.4) is 0 Å². The molecule has 0 saturated carbocycles. The number of hydrogen-bond acceptors (Lipinski definition) is 3. The van der Waals surface area contributed by atoms with E-state index in [0.29, 0.717) is 6.29 Å². The Labute approximate surface area is 41.5 Å². The molecule has 7 heavy (non-hydrogen) atoms. The van der Waals surface area contributed by atoms with E-state index in [4.69, 9.17) is 5.73 Å². The monoisotopic (exact) mass is 101 g/mol. The van der Waals surface area contributed by atoms with Crippen LogP contribution in [0.2, 0.25) is 0 Å². The average Bonchev–Trinajstić information content (AvgIpc) is 1.65. The SMILES string of the molecule is CC(=O)C(N)C=O. The lowest BCUT2D eigenvalue weighted by Crippen LogP contribution is -2.29. The normalized spacial score (nSPS) is 12.9. The van der Waals surface area contributed by atoms with Crippen LogP contribution < -0.4 is 5.73 Å². The number of carbonyl (C=O) groups excluding carboxylic acids is 2. The Balaban J connectivity index is 3.55. The van der Waals surface area contributed by atoms with Gasteiger partial charge in [0.25, 0.3) is 0 Å². The first kappa shape index (κ1) is 6.30. The molecule has 0 aliphatic heterocycles. The average molecular weight is 101 g/mol. The van der Waals surface area contributed by atoms with Gasteiger partial charge in [0.15, 0.2) is 5.78 Å². The molecule has 0 aromatic rings. The quantitative estimate of drug-likeness (QED) is 0.362. The predicted octanol–water partition coefficient (Wildman–Crippen LogP) is -0.898. The summed E-state index contributed by atoms with van der Waals surface area (Å²) in [5.41, 5.74) is 4.90. The molecule has 1 unspecified atom stereocenters. The fraction of sp³-hybridized carbons (Fsp3) is 0.500. The van der Waals surface area contributed by atoms with Crippen molar-refractivity contribution in [3.05, 3.63) is 0 Å². The van der Waals surface area contributed by atoms with E-state index in [1.54, 1.807) is 0 Å². The minimum atomic E-state index is -0.917. The van der Waals surface area contributed by atoms with Crippen molar-refractivity contribution >= 4 is 12.1 Å². The zero-order valence-corrected chi connectivity index (χ0v) is 4.05. The maximum atomic E-state index is 10.0. The van der Waals surface area contributed by atoms with Crippen LogP contribution in [0.15, 0.2) is 0 Å². The molecule has 0 aliphatic carbocycles. The Kier molecular flexibility index (Phi) is 2.22. The van der Waals surface area contributed by atoms with E-state index >= 15 is 0 Å². The Morgan fingerprint density at radius 2 is 2.29 bits per heavy atom. The highest BCUT2D eigenvalue weighted by atomic mass is 16.1. The number of Topliss-reactive ketones (excluding diaryl/α,β-unsaturated/α-hetero) is 1.